The van der Waals surface area contributed by atoms with Crippen molar-refractivity contribution in [1.82, 2.24) is 0 Å². The van der Waals surface area contributed by atoms with Crippen LogP contribution in [0.1, 0.15) is 42.9 Å². The molecule has 0 spiro atoms. The monoisotopic (exact) mass is 500 g/mol. The zero-order valence-corrected chi connectivity index (χ0v) is 20.5. The zero-order valence-electron chi connectivity index (χ0n) is 19.7. The fraction of sp³-hybridized carbons (Fsp3) is 0.440. The van der Waals surface area contributed by atoms with Crippen molar-refractivity contribution >= 4 is 46.0 Å². The van der Waals surface area contributed by atoms with E-state index >= 15 is 0 Å². The predicted molar refractivity (Wildman–Crippen MR) is 132 cm³/mol. The Labute approximate surface area is 207 Å². The lowest BCUT2D eigenvalue weighted by molar-refractivity contribution is -0.147. The number of rotatable bonds is 5. The number of aliphatic hydroxyl groups excluding tert-OH is 2. The molecule has 6 N–H and O–H groups in total. The summed E-state index contributed by atoms with van der Waals surface area (Å²) in [5, 5.41) is 44.4. The molecule has 1 aromatic rings. The lowest BCUT2D eigenvalue weighted by Gasteiger charge is -2.46. The molecular formula is C25H28N2O7S. The van der Waals surface area contributed by atoms with E-state index in [0.29, 0.717) is 24.0 Å². The normalized spacial score (nSPS) is 25.7. The summed E-state index contributed by atoms with van der Waals surface area (Å²) in [4.78, 5) is 40.4. The summed E-state index contributed by atoms with van der Waals surface area (Å²) < 4.78 is 0. The molecule has 1 fully saturated rings. The number of nitrogens with zero attached hydrogens (tertiary/aromatic N) is 1. The van der Waals surface area contributed by atoms with Crippen LogP contribution in [0.5, 0.6) is 5.75 Å². The van der Waals surface area contributed by atoms with Gasteiger partial charge in [0.1, 0.15) is 22.8 Å². The van der Waals surface area contributed by atoms with Gasteiger partial charge in [-0.05, 0) is 60.6 Å². The van der Waals surface area contributed by atoms with Gasteiger partial charge in [-0.25, -0.2) is 0 Å². The van der Waals surface area contributed by atoms with Crippen LogP contribution in [0.2, 0.25) is 0 Å². The predicted octanol–water partition coefficient (Wildman–Crippen LogP) is 1.81. The summed E-state index contributed by atoms with van der Waals surface area (Å²) in [6.45, 7) is 1.80. The minimum absolute atomic E-state index is 0.0975. The first kappa shape index (κ1) is 24.9. The van der Waals surface area contributed by atoms with Crippen molar-refractivity contribution in [3.05, 3.63) is 39.7 Å². The summed E-state index contributed by atoms with van der Waals surface area (Å²) in [5.74, 6) is -6.29. The molecule has 0 unspecified atom stereocenters. The number of phenolic OH excluding ortho intramolecular Hbond substituents is 1. The van der Waals surface area contributed by atoms with Gasteiger partial charge in [0.05, 0.1) is 5.56 Å². The van der Waals surface area contributed by atoms with Crippen molar-refractivity contribution in [3.8, 4) is 5.75 Å². The van der Waals surface area contributed by atoms with E-state index in [4.69, 9.17) is 18.0 Å². The topological polar surface area (TPSA) is 161 Å². The molecule has 3 atom stereocenters. The molecule has 0 radical (unpaired) electrons. The van der Waals surface area contributed by atoms with E-state index in [9.17, 15) is 34.8 Å². The molecule has 1 amide bonds. The molecule has 1 aromatic carbocycles. The number of hydrogen-bond acceptors (Lipinski definition) is 9. The maximum absolute atomic E-state index is 13.6. The largest absolute Gasteiger partial charge is 0.508 e. The molecule has 35 heavy (non-hydrogen) atoms. The van der Waals surface area contributed by atoms with Crippen molar-refractivity contribution in [2.75, 3.05) is 19.0 Å². The molecule has 10 heteroatoms. The minimum Gasteiger partial charge on any atom is -0.508 e. The van der Waals surface area contributed by atoms with Gasteiger partial charge in [-0.15, -0.1) is 0 Å². The van der Waals surface area contributed by atoms with Crippen molar-refractivity contribution in [2.24, 2.45) is 17.6 Å². The fourth-order valence-electron chi connectivity index (χ4n) is 5.62. The van der Waals surface area contributed by atoms with Gasteiger partial charge < -0.3 is 31.1 Å². The van der Waals surface area contributed by atoms with Crippen LogP contribution in [-0.2, 0) is 27.2 Å². The summed E-state index contributed by atoms with van der Waals surface area (Å²) in [6.07, 6.45) is 0.986. The van der Waals surface area contributed by atoms with Gasteiger partial charge in [0.2, 0.25) is 5.78 Å². The van der Waals surface area contributed by atoms with Gasteiger partial charge in [0.25, 0.3) is 5.91 Å². The number of amides is 1. The maximum Gasteiger partial charge on any atom is 0.255 e. The van der Waals surface area contributed by atoms with E-state index in [1.54, 1.807) is 6.92 Å². The number of nitrogens with two attached hydrogens (primary N) is 1. The van der Waals surface area contributed by atoms with Gasteiger partial charge in [0.15, 0.2) is 11.4 Å². The Morgan fingerprint density at radius 3 is 2.46 bits per heavy atom. The second-order valence-corrected chi connectivity index (χ2v) is 10.5. The highest BCUT2D eigenvalue weighted by atomic mass is 32.1. The number of aliphatic hydroxyl groups is 3. The molecule has 0 heterocycles. The number of primary amides is 1. The highest BCUT2D eigenvalue weighted by molar-refractivity contribution is 7.80. The van der Waals surface area contributed by atoms with E-state index in [2.05, 4.69) is 0 Å². The molecule has 0 saturated heterocycles. The number of hydrogen-bond donors (Lipinski definition) is 5. The van der Waals surface area contributed by atoms with E-state index in [-0.39, 0.29) is 36.1 Å². The van der Waals surface area contributed by atoms with Crippen molar-refractivity contribution in [1.29, 1.82) is 0 Å². The second kappa shape index (κ2) is 8.46. The van der Waals surface area contributed by atoms with Crippen LogP contribution in [-0.4, -0.2) is 62.5 Å². The summed E-state index contributed by atoms with van der Waals surface area (Å²) in [7, 11) is 3.66. The van der Waals surface area contributed by atoms with Crippen LogP contribution in [0.15, 0.2) is 23.0 Å². The van der Waals surface area contributed by atoms with Crippen LogP contribution in [0.4, 0.5) is 5.69 Å². The summed E-state index contributed by atoms with van der Waals surface area (Å²) in [5.41, 5.74) is 3.74. The molecule has 0 bridgehead atoms. The Morgan fingerprint density at radius 1 is 1.23 bits per heavy atom. The highest BCUT2D eigenvalue weighted by Crippen LogP contribution is 2.53. The molecular weight excluding hydrogens is 472 g/mol. The highest BCUT2D eigenvalue weighted by Gasteiger charge is 2.60. The van der Waals surface area contributed by atoms with E-state index in [1.165, 1.54) is 0 Å². The average molecular weight is 501 g/mol. The van der Waals surface area contributed by atoms with Crippen molar-refractivity contribution < 1.29 is 34.8 Å². The third-order valence-electron chi connectivity index (χ3n) is 7.35. The SMILES string of the molecule is CC(=S)CCc1cc(N(C)C)c2c(c1O)C(O)=C1C(=O)[C@]3(O)C(O)=C(C(N)=O)C(=O)C[C@@H]3C[C@@H]1C2. The molecule has 1 saturated carbocycles. The first-order valence-electron chi connectivity index (χ1n) is 11.3. The van der Waals surface area contributed by atoms with Gasteiger partial charge in [-0.1, -0.05) is 12.2 Å². The molecule has 3 aliphatic rings. The number of ketones is 2. The first-order valence-corrected chi connectivity index (χ1v) is 11.7. The van der Waals surface area contributed by atoms with Crippen molar-refractivity contribution in [2.45, 2.75) is 44.6 Å². The number of anilines is 1. The smallest absolute Gasteiger partial charge is 0.255 e. The van der Waals surface area contributed by atoms with E-state index in [1.807, 2.05) is 25.1 Å². The number of carbonyl (C=O) groups is 3. The van der Waals surface area contributed by atoms with Crippen LogP contribution in [0, 0.1) is 11.8 Å². The number of phenols is 1. The second-order valence-electron chi connectivity index (χ2n) is 9.76. The number of benzene rings is 1. The minimum atomic E-state index is -2.57. The average Bonchev–Trinajstić information content (AvgIpc) is 2.75. The Bertz CT molecular complexity index is 1260. The number of aryl methyl sites for hydroxylation is 1. The summed E-state index contributed by atoms with van der Waals surface area (Å²) in [6, 6.07) is 1.84. The molecule has 186 valence electrons. The van der Waals surface area contributed by atoms with Gasteiger partial charge in [0, 0.05) is 37.7 Å². The number of fused-ring (bicyclic) bond motifs is 3. The summed E-state index contributed by atoms with van der Waals surface area (Å²) >= 11 is 5.16. The standard InChI is InChI=1S/C25H28N2O7S/c1-10(35)4-5-11-8-15(27(2)3)14-7-12-6-13-9-16(28)19(24(26)33)23(32)25(13,34)22(31)17(12)21(30)18(14)20(11)29/h8,12-13,29-30,32,34H,4-7,9H2,1-3H3,(H2,26,33)/t12-,13+,25+/m1/s1. The van der Waals surface area contributed by atoms with E-state index in [0.717, 1.165) is 10.6 Å². The Kier molecular flexibility index (Phi) is 6.01. The van der Waals surface area contributed by atoms with Gasteiger partial charge in [-0.3, -0.25) is 14.4 Å². The van der Waals surface area contributed by atoms with Crippen LogP contribution in [0.25, 0.3) is 5.76 Å². The number of carbonyl (C=O) groups excluding carboxylic acids is 3. The zero-order chi connectivity index (χ0) is 26.0. The van der Waals surface area contributed by atoms with E-state index < -0.39 is 52.0 Å². The molecule has 0 aromatic heterocycles. The quantitative estimate of drug-likeness (QED) is 0.300. The fourth-order valence-corrected chi connectivity index (χ4v) is 5.73. The third-order valence-corrected chi connectivity index (χ3v) is 7.55. The Hall–Kier alpha value is -3.24. The molecule has 9 nitrogen and oxygen atoms in total. The first-order chi connectivity index (χ1) is 16.3. The van der Waals surface area contributed by atoms with Gasteiger partial charge >= 0.3 is 0 Å². The van der Waals surface area contributed by atoms with Gasteiger partial charge in [-0.2, -0.15) is 0 Å². The number of Topliss-reactive ketones (excluding diaryl/α,β-unsaturated/α-hetero) is 2. The Morgan fingerprint density at radius 2 is 1.89 bits per heavy atom. The van der Waals surface area contributed by atoms with Crippen LogP contribution < -0.4 is 10.6 Å². The molecule has 4 rings (SSSR count). The lowest BCUT2D eigenvalue weighted by Crippen LogP contribution is -2.58. The van der Waals surface area contributed by atoms with Crippen LogP contribution in [0.3, 0.4) is 0 Å². The molecule has 0 aliphatic heterocycles. The molecule has 3 aliphatic carbocycles. The lowest BCUT2D eigenvalue weighted by atomic mass is 9.59. The Balaban J connectivity index is 1.93. The number of aromatic hydroxyl groups is 1. The third kappa shape index (κ3) is 3.63. The van der Waals surface area contributed by atoms with Crippen molar-refractivity contribution in [3.63, 3.8) is 0 Å². The maximum atomic E-state index is 13.6. The number of thiocarbonyl (C=S) groups is 1. The van der Waals surface area contributed by atoms with Crippen LogP contribution >= 0.6 is 12.2 Å².